The van der Waals surface area contributed by atoms with E-state index in [1.807, 2.05) is 0 Å². The first-order valence-corrected chi connectivity index (χ1v) is 9.14. The standard InChI is InChI=1S/C21H33NO/c1-7-20(5)14-19(23)17(4)21(6,8-2)22(20)15-16(3)18-12-10-9-11-13-18/h9-13,16-17H,7-8,14-15H2,1-6H3. The number of nitrogens with zero attached hydrogens (tertiary/aromatic N) is 1. The zero-order chi connectivity index (χ0) is 17.3. The molecule has 0 bridgehead atoms. The van der Waals surface area contributed by atoms with E-state index in [9.17, 15) is 4.79 Å². The Hall–Kier alpha value is -1.15. The summed E-state index contributed by atoms with van der Waals surface area (Å²) in [6.45, 7) is 14.5. The Morgan fingerprint density at radius 3 is 2.30 bits per heavy atom. The second kappa shape index (κ2) is 6.76. The van der Waals surface area contributed by atoms with Gasteiger partial charge in [-0.15, -0.1) is 0 Å². The van der Waals surface area contributed by atoms with Gasteiger partial charge in [-0.25, -0.2) is 0 Å². The highest BCUT2D eigenvalue weighted by atomic mass is 16.1. The summed E-state index contributed by atoms with van der Waals surface area (Å²) in [5.74, 6) is 1.01. The molecule has 4 unspecified atom stereocenters. The van der Waals surface area contributed by atoms with Gasteiger partial charge in [0, 0.05) is 30.0 Å². The Labute approximate surface area is 142 Å². The van der Waals surface area contributed by atoms with E-state index in [1.165, 1.54) is 5.56 Å². The number of likely N-dealkylation sites (tertiary alicyclic amines) is 1. The molecule has 1 heterocycles. The third-order valence-electron chi connectivity index (χ3n) is 6.54. The average molecular weight is 316 g/mol. The molecule has 1 aromatic carbocycles. The average Bonchev–Trinajstić information content (AvgIpc) is 2.57. The highest BCUT2D eigenvalue weighted by Crippen LogP contribution is 2.44. The van der Waals surface area contributed by atoms with Crippen LogP contribution in [0.3, 0.4) is 0 Å². The fourth-order valence-corrected chi connectivity index (χ4v) is 4.22. The normalized spacial score (nSPS) is 33.7. The van der Waals surface area contributed by atoms with Crippen molar-refractivity contribution in [2.45, 2.75) is 77.8 Å². The molecule has 0 amide bonds. The van der Waals surface area contributed by atoms with Crippen LogP contribution in [0.2, 0.25) is 0 Å². The maximum atomic E-state index is 12.6. The lowest BCUT2D eigenvalue weighted by Crippen LogP contribution is -2.67. The lowest BCUT2D eigenvalue weighted by Gasteiger charge is -2.58. The van der Waals surface area contributed by atoms with Crippen molar-refractivity contribution in [2.75, 3.05) is 6.54 Å². The van der Waals surface area contributed by atoms with Gasteiger partial charge in [0.2, 0.25) is 0 Å². The summed E-state index contributed by atoms with van der Waals surface area (Å²) in [6.07, 6.45) is 2.71. The molecule has 0 radical (unpaired) electrons. The van der Waals surface area contributed by atoms with E-state index in [2.05, 4.69) is 76.8 Å². The van der Waals surface area contributed by atoms with Crippen LogP contribution in [0.4, 0.5) is 0 Å². The number of piperidine rings is 1. The summed E-state index contributed by atoms with van der Waals surface area (Å²) in [4.78, 5) is 15.3. The van der Waals surface area contributed by atoms with Gasteiger partial charge in [0.05, 0.1) is 0 Å². The molecule has 128 valence electrons. The molecule has 1 fully saturated rings. The maximum Gasteiger partial charge on any atom is 0.139 e. The summed E-state index contributed by atoms with van der Waals surface area (Å²) in [6, 6.07) is 10.7. The maximum absolute atomic E-state index is 12.6. The van der Waals surface area contributed by atoms with Crippen LogP contribution in [0.15, 0.2) is 30.3 Å². The molecular weight excluding hydrogens is 282 g/mol. The van der Waals surface area contributed by atoms with Crippen molar-refractivity contribution in [3.63, 3.8) is 0 Å². The van der Waals surface area contributed by atoms with E-state index in [0.29, 0.717) is 18.1 Å². The van der Waals surface area contributed by atoms with Gasteiger partial charge < -0.3 is 0 Å². The van der Waals surface area contributed by atoms with Gasteiger partial charge >= 0.3 is 0 Å². The first kappa shape index (κ1) is 18.2. The third kappa shape index (κ3) is 3.24. The van der Waals surface area contributed by atoms with Crippen molar-refractivity contribution in [1.82, 2.24) is 4.90 Å². The number of benzene rings is 1. The van der Waals surface area contributed by atoms with E-state index >= 15 is 0 Å². The molecule has 0 saturated carbocycles. The van der Waals surface area contributed by atoms with Gasteiger partial charge in [-0.3, -0.25) is 9.69 Å². The zero-order valence-electron chi connectivity index (χ0n) is 15.7. The third-order valence-corrected chi connectivity index (χ3v) is 6.54. The minimum absolute atomic E-state index is 0.0304. The van der Waals surface area contributed by atoms with Crippen LogP contribution in [0, 0.1) is 5.92 Å². The quantitative estimate of drug-likeness (QED) is 0.759. The molecule has 2 heteroatoms. The van der Waals surface area contributed by atoms with E-state index in [-0.39, 0.29) is 17.0 Å². The van der Waals surface area contributed by atoms with Crippen molar-refractivity contribution >= 4 is 5.78 Å². The molecule has 1 aliphatic rings. The molecule has 1 saturated heterocycles. The summed E-state index contributed by atoms with van der Waals surface area (Å²) in [7, 11) is 0. The van der Waals surface area contributed by atoms with Crippen LogP contribution in [0.1, 0.15) is 72.3 Å². The van der Waals surface area contributed by atoms with E-state index in [0.717, 1.165) is 19.4 Å². The summed E-state index contributed by atoms with van der Waals surface area (Å²) in [5.41, 5.74) is 1.30. The lowest BCUT2D eigenvalue weighted by atomic mass is 9.68. The van der Waals surface area contributed by atoms with Crippen LogP contribution in [-0.2, 0) is 4.79 Å². The number of hydrogen-bond donors (Lipinski definition) is 0. The highest BCUT2D eigenvalue weighted by molar-refractivity contribution is 5.84. The van der Waals surface area contributed by atoms with Gasteiger partial charge in [-0.1, -0.05) is 58.0 Å². The molecular formula is C21H33NO. The molecule has 4 atom stereocenters. The predicted molar refractivity (Wildman–Crippen MR) is 97.7 cm³/mol. The molecule has 23 heavy (non-hydrogen) atoms. The number of carbonyl (C=O) groups is 1. The number of ketones is 1. The molecule has 0 aliphatic carbocycles. The Balaban J connectivity index is 2.35. The first-order chi connectivity index (χ1) is 10.8. The summed E-state index contributed by atoms with van der Waals surface area (Å²) in [5, 5.41) is 0. The molecule has 2 nitrogen and oxygen atoms in total. The lowest BCUT2D eigenvalue weighted by molar-refractivity contribution is -0.147. The van der Waals surface area contributed by atoms with E-state index in [1.54, 1.807) is 0 Å². The van der Waals surface area contributed by atoms with Crippen molar-refractivity contribution in [1.29, 1.82) is 0 Å². The highest BCUT2D eigenvalue weighted by Gasteiger charge is 2.52. The zero-order valence-corrected chi connectivity index (χ0v) is 15.7. The Bertz CT molecular complexity index is 540. The number of rotatable bonds is 5. The number of Topliss-reactive ketones (excluding diaryl/α,β-unsaturated/α-hetero) is 1. The molecule has 0 aromatic heterocycles. The van der Waals surface area contributed by atoms with E-state index in [4.69, 9.17) is 0 Å². The predicted octanol–water partition coefficient (Wildman–Crippen LogP) is 5.04. The summed E-state index contributed by atoms with van der Waals surface area (Å²) >= 11 is 0. The Morgan fingerprint density at radius 1 is 1.17 bits per heavy atom. The smallest absolute Gasteiger partial charge is 0.139 e. The van der Waals surface area contributed by atoms with E-state index < -0.39 is 0 Å². The van der Waals surface area contributed by atoms with Crippen molar-refractivity contribution < 1.29 is 4.79 Å². The van der Waals surface area contributed by atoms with Crippen LogP contribution in [0.5, 0.6) is 0 Å². The Kier molecular flexibility index (Phi) is 5.35. The van der Waals surface area contributed by atoms with Crippen LogP contribution >= 0.6 is 0 Å². The van der Waals surface area contributed by atoms with Gasteiger partial charge in [-0.05, 0) is 38.2 Å². The second-order valence-electron chi connectivity index (χ2n) is 7.85. The minimum Gasteiger partial charge on any atom is -0.299 e. The van der Waals surface area contributed by atoms with Gasteiger partial charge in [-0.2, -0.15) is 0 Å². The van der Waals surface area contributed by atoms with Gasteiger partial charge in [0.1, 0.15) is 5.78 Å². The molecule has 1 aromatic rings. The molecule has 2 rings (SSSR count). The van der Waals surface area contributed by atoms with Gasteiger partial charge in [0.25, 0.3) is 0 Å². The van der Waals surface area contributed by atoms with Crippen molar-refractivity contribution in [2.24, 2.45) is 5.92 Å². The number of hydrogen-bond acceptors (Lipinski definition) is 2. The molecule has 0 spiro atoms. The van der Waals surface area contributed by atoms with Crippen LogP contribution in [-0.4, -0.2) is 28.3 Å². The van der Waals surface area contributed by atoms with Gasteiger partial charge in [0.15, 0.2) is 0 Å². The number of carbonyl (C=O) groups excluding carboxylic acids is 1. The SMILES string of the molecule is CCC1(C)CC(=O)C(C)C(C)(CC)N1CC(C)c1ccccc1. The van der Waals surface area contributed by atoms with Crippen LogP contribution in [0.25, 0.3) is 0 Å². The largest absolute Gasteiger partial charge is 0.299 e. The summed E-state index contributed by atoms with van der Waals surface area (Å²) < 4.78 is 0. The van der Waals surface area contributed by atoms with Crippen molar-refractivity contribution in [3.05, 3.63) is 35.9 Å². The van der Waals surface area contributed by atoms with Crippen molar-refractivity contribution in [3.8, 4) is 0 Å². The van der Waals surface area contributed by atoms with Crippen LogP contribution < -0.4 is 0 Å². The first-order valence-electron chi connectivity index (χ1n) is 9.14. The minimum atomic E-state index is -0.0524. The fourth-order valence-electron chi connectivity index (χ4n) is 4.22. The Morgan fingerprint density at radius 2 is 1.78 bits per heavy atom. The molecule has 1 aliphatic heterocycles. The topological polar surface area (TPSA) is 20.3 Å². The fraction of sp³-hybridized carbons (Fsp3) is 0.667. The molecule has 0 N–H and O–H groups in total. The second-order valence-corrected chi connectivity index (χ2v) is 7.85. The monoisotopic (exact) mass is 315 g/mol.